The van der Waals surface area contributed by atoms with Gasteiger partial charge in [-0.3, -0.25) is 0 Å². The molecular weight excluding hydrogens is 326 g/mol. The van der Waals surface area contributed by atoms with Gasteiger partial charge in [-0.25, -0.2) is 4.79 Å². The van der Waals surface area contributed by atoms with Crippen LogP contribution in [0.3, 0.4) is 0 Å². The number of urea groups is 1. The SMILES string of the molecule is C=C1Cc2cc(N3CCN(C(=O)NCc4ccccc4)CC3)ccc2O1. The highest BCUT2D eigenvalue weighted by Crippen LogP contribution is 2.33. The fourth-order valence-corrected chi connectivity index (χ4v) is 3.46. The summed E-state index contributed by atoms with van der Waals surface area (Å²) in [5, 5.41) is 3.00. The highest BCUT2D eigenvalue weighted by molar-refractivity contribution is 5.74. The van der Waals surface area contributed by atoms with E-state index in [0.717, 1.165) is 49.7 Å². The van der Waals surface area contributed by atoms with Gasteiger partial charge in [-0.15, -0.1) is 0 Å². The van der Waals surface area contributed by atoms with Crippen LogP contribution in [0.1, 0.15) is 11.1 Å². The van der Waals surface area contributed by atoms with E-state index < -0.39 is 0 Å². The summed E-state index contributed by atoms with van der Waals surface area (Å²) >= 11 is 0. The van der Waals surface area contributed by atoms with Crippen LogP contribution in [-0.4, -0.2) is 37.1 Å². The number of piperazine rings is 1. The molecule has 26 heavy (non-hydrogen) atoms. The van der Waals surface area contributed by atoms with E-state index in [1.807, 2.05) is 41.3 Å². The van der Waals surface area contributed by atoms with Crippen molar-refractivity contribution in [3.8, 4) is 5.75 Å². The molecule has 2 aliphatic rings. The maximum absolute atomic E-state index is 12.4. The van der Waals surface area contributed by atoms with Crippen molar-refractivity contribution in [2.75, 3.05) is 31.1 Å². The Hall–Kier alpha value is -2.95. The first-order valence-corrected chi connectivity index (χ1v) is 8.99. The van der Waals surface area contributed by atoms with Crippen molar-refractivity contribution in [3.63, 3.8) is 0 Å². The zero-order valence-corrected chi connectivity index (χ0v) is 14.8. The first kappa shape index (κ1) is 16.5. The summed E-state index contributed by atoms with van der Waals surface area (Å²) < 4.78 is 5.59. The Balaban J connectivity index is 1.31. The van der Waals surface area contributed by atoms with Crippen molar-refractivity contribution in [1.29, 1.82) is 0 Å². The lowest BCUT2D eigenvalue weighted by Gasteiger charge is -2.36. The molecule has 134 valence electrons. The molecule has 0 saturated carbocycles. The molecule has 0 bridgehead atoms. The third-order valence-corrected chi connectivity index (χ3v) is 4.90. The van der Waals surface area contributed by atoms with Gasteiger partial charge in [-0.1, -0.05) is 36.9 Å². The van der Waals surface area contributed by atoms with E-state index in [4.69, 9.17) is 4.74 Å². The summed E-state index contributed by atoms with van der Waals surface area (Å²) in [5.41, 5.74) is 3.49. The molecule has 1 saturated heterocycles. The number of anilines is 1. The topological polar surface area (TPSA) is 44.8 Å². The van der Waals surface area contributed by atoms with Crippen LogP contribution in [0.25, 0.3) is 0 Å². The molecule has 0 aliphatic carbocycles. The molecule has 1 N–H and O–H groups in total. The van der Waals surface area contributed by atoms with Gasteiger partial charge in [0.25, 0.3) is 0 Å². The molecule has 2 heterocycles. The van der Waals surface area contributed by atoms with Crippen molar-refractivity contribution >= 4 is 11.7 Å². The molecule has 0 aromatic heterocycles. The van der Waals surface area contributed by atoms with Gasteiger partial charge in [0.05, 0.1) is 0 Å². The monoisotopic (exact) mass is 349 g/mol. The van der Waals surface area contributed by atoms with Crippen LogP contribution >= 0.6 is 0 Å². The number of fused-ring (bicyclic) bond motifs is 1. The Morgan fingerprint density at radius 1 is 1.08 bits per heavy atom. The Bertz CT molecular complexity index is 811. The summed E-state index contributed by atoms with van der Waals surface area (Å²) in [7, 11) is 0. The van der Waals surface area contributed by atoms with Gasteiger partial charge in [-0.2, -0.15) is 0 Å². The highest BCUT2D eigenvalue weighted by atomic mass is 16.5. The Morgan fingerprint density at radius 2 is 1.85 bits per heavy atom. The van der Waals surface area contributed by atoms with Crippen molar-refractivity contribution < 1.29 is 9.53 Å². The normalized spacial score (nSPS) is 16.2. The van der Waals surface area contributed by atoms with Crippen LogP contribution in [0.15, 0.2) is 60.9 Å². The van der Waals surface area contributed by atoms with Crippen LogP contribution in [-0.2, 0) is 13.0 Å². The first-order chi connectivity index (χ1) is 12.7. The fourth-order valence-electron chi connectivity index (χ4n) is 3.46. The molecular formula is C21H23N3O2. The van der Waals surface area contributed by atoms with E-state index >= 15 is 0 Å². The third kappa shape index (κ3) is 3.52. The molecule has 5 heteroatoms. The van der Waals surface area contributed by atoms with E-state index in [1.165, 1.54) is 11.3 Å². The molecule has 2 aliphatic heterocycles. The minimum absolute atomic E-state index is 0.00663. The van der Waals surface area contributed by atoms with Gasteiger partial charge >= 0.3 is 6.03 Å². The average Bonchev–Trinajstić information content (AvgIpc) is 3.06. The second kappa shape index (κ2) is 7.12. The van der Waals surface area contributed by atoms with Gasteiger partial charge < -0.3 is 19.9 Å². The second-order valence-corrected chi connectivity index (χ2v) is 6.73. The summed E-state index contributed by atoms with van der Waals surface area (Å²) in [5.74, 6) is 1.72. The molecule has 0 atom stereocenters. The number of rotatable bonds is 3. The molecule has 2 aromatic carbocycles. The van der Waals surface area contributed by atoms with Gasteiger partial charge in [0.2, 0.25) is 0 Å². The van der Waals surface area contributed by atoms with Crippen molar-refractivity contribution in [3.05, 3.63) is 72.0 Å². The maximum Gasteiger partial charge on any atom is 0.317 e. The molecule has 4 rings (SSSR count). The van der Waals surface area contributed by atoms with Crippen LogP contribution in [0.5, 0.6) is 5.75 Å². The Kier molecular flexibility index (Phi) is 4.52. The molecule has 0 unspecified atom stereocenters. The second-order valence-electron chi connectivity index (χ2n) is 6.73. The molecule has 5 nitrogen and oxygen atoms in total. The third-order valence-electron chi connectivity index (χ3n) is 4.90. The van der Waals surface area contributed by atoms with E-state index in [-0.39, 0.29) is 6.03 Å². The lowest BCUT2D eigenvalue weighted by atomic mass is 10.1. The molecule has 0 spiro atoms. The molecule has 1 fully saturated rings. The Morgan fingerprint density at radius 3 is 2.62 bits per heavy atom. The van der Waals surface area contributed by atoms with E-state index in [2.05, 4.69) is 28.9 Å². The lowest BCUT2D eigenvalue weighted by Crippen LogP contribution is -2.51. The summed E-state index contributed by atoms with van der Waals surface area (Å²) in [6.45, 7) is 7.57. The summed E-state index contributed by atoms with van der Waals surface area (Å²) in [4.78, 5) is 16.6. The number of hydrogen-bond donors (Lipinski definition) is 1. The number of ether oxygens (including phenoxy) is 1. The van der Waals surface area contributed by atoms with Crippen molar-refractivity contribution in [1.82, 2.24) is 10.2 Å². The van der Waals surface area contributed by atoms with E-state index in [0.29, 0.717) is 6.54 Å². The minimum atomic E-state index is 0.00663. The van der Waals surface area contributed by atoms with Crippen LogP contribution in [0.2, 0.25) is 0 Å². The van der Waals surface area contributed by atoms with Crippen LogP contribution in [0, 0.1) is 0 Å². The number of amides is 2. The molecule has 0 radical (unpaired) electrons. The smallest absolute Gasteiger partial charge is 0.317 e. The van der Waals surface area contributed by atoms with Gasteiger partial charge in [-0.05, 0) is 23.8 Å². The van der Waals surface area contributed by atoms with Crippen LogP contribution in [0.4, 0.5) is 10.5 Å². The molecule has 2 amide bonds. The summed E-state index contributed by atoms with van der Waals surface area (Å²) in [6.07, 6.45) is 0.783. The highest BCUT2D eigenvalue weighted by Gasteiger charge is 2.23. The number of hydrogen-bond acceptors (Lipinski definition) is 3. The van der Waals surface area contributed by atoms with E-state index in [1.54, 1.807) is 0 Å². The van der Waals surface area contributed by atoms with Gasteiger partial charge in [0.15, 0.2) is 0 Å². The predicted molar refractivity (Wildman–Crippen MR) is 102 cm³/mol. The fraction of sp³-hybridized carbons (Fsp3) is 0.286. The number of benzene rings is 2. The predicted octanol–water partition coefficient (Wildman–Crippen LogP) is 3.17. The molecule has 2 aromatic rings. The number of carbonyl (C=O) groups is 1. The summed E-state index contributed by atoms with van der Waals surface area (Å²) in [6, 6.07) is 16.3. The van der Waals surface area contributed by atoms with Crippen LogP contribution < -0.4 is 15.0 Å². The standard InChI is InChI=1S/C21H23N3O2/c1-16-13-18-14-19(7-8-20(18)26-16)23-9-11-24(12-10-23)21(25)22-15-17-5-3-2-4-6-17/h2-8,14H,1,9-13,15H2,(H,22,25). The first-order valence-electron chi connectivity index (χ1n) is 8.99. The quantitative estimate of drug-likeness (QED) is 0.926. The van der Waals surface area contributed by atoms with E-state index in [9.17, 15) is 4.79 Å². The lowest BCUT2D eigenvalue weighted by molar-refractivity contribution is 0.194. The number of allylic oxidation sites excluding steroid dienone is 1. The van der Waals surface area contributed by atoms with Gasteiger partial charge in [0, 0.05) is 50.4 Å². The largest absolute Gasteiger partial charge is 0.462 e. The van der Waals surface area contributed by atoms with Crippen molar-refractivity contribution in [2.45, 2.75) is 13.0 Å². The maximum atomic E-state index is 12.4. The van der Waals surface area contributed by atoms with Gasteiger partial charge in [0.1, 0.15) is 11.5 Å². The zero-order chi connectivity index (χ0) is 17.9. The number of nitrogens with one attached hydrogen (secondary N) is 1. The van der Waals surface area contributed by atoms with Crippen molar-refractivity contribution in [2.24, 2.45) is 0 Å². The average molecular weight is 349 g/mol. The minimum Gasteiger partial charge on any atom is -0.462 e. The zero-order valence-electron chi connectivity index (χ0n) is 14.8. The number of carbonyl (C=O) groups excluding carboxylic acids is 1. The number of nitrogens with zero attached hydrogens (tertiary/aromatic N) is 2. The Labute approximate surface area is 153 Å².